The SMILES string of the molecule is CCCCC(=O)N/N=C/c1ccccc1I. The second-order valence-corrected chi connectivity index (χ2v) is 4.58. The molecule has 0 aliphatic carbocycles. The zero-order chi connectivity index (χ0) is 11.8. The van der Waals surface area contributed by atoms with Gasteiger partial charge in [-0.05, 0) is 35.1 Å². The summed E-state index contributed by atoms with van der Waals surface area (Å²) in [4.78, 5) is 11.3. The van der Waals surface area contributed by atoms with Crippen LogP contribution in [0.15, 0.2) is 29.4 Å². The summed E-state index contributed by atoms with van der Waals surface area (Å²) < 4.78 is 1.12. The van der Waals surface area contributed by atoms with Gasteiger partial charge in [0, 0.05) is 15.6 Å². The minimum atomic E-state index is -0.0240. The van der Waals surface area contributed by atoms with Gasteiger partial charge in [0.1, 0.15) is 0 Å². The van der Waals surface area contributed by atoms with E-state index in [1.165, 1.54) is 0 Å². The van der Waals surface area contributed by atoms with E-state index in [0.29, 0.717) is 6.42 Å². The van der Waals surface area contributed by atoms with Crippen molar-refractivity contribution in [2.45, 2.75) is 26.2 Å². The van der Waals surface area contributed by atoms with Crippen LogP contribution < -0.4 is 5.43 Å². The van der Waals surface area contributed by atoms with Crippen LogP contribution in [0.4, 0.5) is 0 Å². The first-order valence-electron chi connectivity index (χ1n) is 5.30. The Morgan fingerprint density at radius 1 is 1.50 bits per heavy atom. The summed E-state index contributed by atoms with van der Waals surface area (Å²) >= 11 is 2.24. The number of hydrazone groups is 1. The van der Waals surface area contributed by atoms with Crippen LogP contribution in [-0.4, -0.2) is 12.1 Å². The number of benzene rings is 1. The molecular weight excluding hydrogens is 315 g/mol. The summed E-state index contributed by atoms with van der Waals surface area (Å²) in [6, 6.07) is 7.88. The Labute approximate surface area is 109 Å². The molecule has 1 rings (SSSR count). The van der Waals surface area contributed by atoms with Crippen LogP contribution in [0.3, 0.4) is 0 Å². The average molecular weight is 330 g/mol. The lowest BCUT2D eigenvalue weighted by Crippen LogP contribution is -2.16. The van der Waals surface area contributed by atoms with Crippen LogP contribution in [-0.2, 0) is 4.79 Å². The number of hydrogen-bond acceptors (Lipinski definition) is 2. The number of rotatable bonds is 5. The van der Waals surface area contributed by atoms with Crippen molar-refractivity contribution in [1.29, 1.82) is 0 Å². The van der Waals surface area contributed by atoms with E-state index in [-0.39, 0.29) is 5.91 Å². The first kappa shape index (κ1) is 13.2. The van der Waals surface area contributed by atoms with Crippen molar-refractivity contribution in [3.63, 3.8) is 0 Å². The van der Waals surface area contributed by atoms with Crippen molar-refractivity contribution in [2.24, 2.45) is 5.10 Å². The maximum Gasteiger partial charge on any atom is 0.240 e. The van der Waals surface area contributed by atoms with Gasteiger partial charge < -0.3 is 0 Å². The van der Waals surface area contributed by atoms with E-state index in [4.69, 9.17) is 0 Å². The Balaban J connectivity index is 2.43. The predicted molar refractivity (Wildman–Crippen MR) is 74.4 cm³/mol. The highest BCUT2D eigenvalue weighted by molar-refractivity contribution is 14.1. The minimum Gasteiger partial charge on any atom is -0.273 e. The Kier molecular flexibility index (Phi) is 6.07. The molecule has 1 amide bonds. The Hall–Kier alpha value is -0.910. The summed E-state index contributed by atoms with van der Waals surface area (Å²) in [6.45, 7) is 2.06. The van der Waals surface area contributed by atoms with Gasteiger partial charge in [-0.1, -0.05) is 31.5 Å². The Bertz CT molecular complexity index is 377. The predicted octanol–water partition coefficient (Wildman–Crippen LogP) is 2.93. The molecule has 1 aromatic rings. The molecule has 0 fully saturated rings. The number of carbonyl (C=O) groups excluding carboxylic acids is 1. The normalized spacial score (nSPS) is 10.6. The van der Waals surface area contributed by atoms with Crippen molar-refractivity contribution in [1.82, 2.24) is 5.43 Å². The highest BCUT2D eigenvalue weighted by Gasteiger charge is 1.97. The first-order chi connectivity index (χ1) is 7.74. The van der Waals surface area contributed by atoms with E-state index < -0.39 is 0 Å². The molecule has 0 heterocycles. The lowest BCUT2D eigenvalue weighted by Gasteiger charge is -1.98. The average Bonchev–Trinajstić information content (AvgIpc) is 2.29. The molecule has 0 aromatic heterocycles. The lowest BCUT2D eigenvalue weighted by molar-refractivity contribution is -0.121. The van der Waals surface area contributed by atoms with E-state index in [1.54, 1.807) is 6.21 Å². The molecule has 0 spiro atoms. The summed E-state index contributed by atoms with van der Waals surface area (Å²) in [5.41, 5.74) is 3.53. The number of hydrogen-bond donors (Lipinski definition) is 1. The van der Waals surface area contributed by atoms with Gasteiger partial charge in [0.15, 0.2) is 0 Å². The second kappa shape index (κ2) is 7.38. The fourth-order valence-corrected chi connectivity index (χ4v) is 1.67. The maximum absolute atomic E-state index is 11.3. The summed E-state index contributed by atoms with van der Waals surface area (Å²) in [7, 11) is 0. The van der Waals surface area contributed by atoms with Gasteiger partial charge in [0.05, 0.1) is 6.21 Å². The van der Waals surface area contributed by atoms with E-state index in [0.717, 1.165) is 22.0 Å². The fourth-order valence-electron chi connectivity index (χ4n) is 1.15. The van der Waals surface area contributed by atoms with Crippen molar-refractivity contribution in [3.8, 4) is 0 Å². The number of carbonyl (C=O) groups is 1. The highest BCUT2D eigenvalue weighted by atomic mass is 127. The molecule has 0 bridgehead atoms. The third-order valence-electron chi connectivity index (χ3n) is 2.06. The van der Waals surface area contributed by atoms with Gasteiger partial charge in [-0.25, -0.2) is 5.43 Å². The fraction of sp³-hybridized carbons (Fsp3) is 0.333. The number of halogens is 1. The summed E-state index contributed by atoms with van der Waals surface area (Å²) in [6.07, 6.45) is 4.14. The number of unbranched alkanes of at least 4 members (excludes halogenated alkanes) is 1. The van der Waals surface area contributed by atoms with Gasteiger partial charge in [0.25, 0.3) is 0 Å². The number of nitrogens with one attached hydrogen (secondary N) is 1. The largest absolute Gasteiger partial charge is 0.273 e. The third kappa shape index (κ3) is 4.74. The van der Waals surface area contributed by atoms with Crippen LogP contribution in [0, 0.1) is 3.57 Å². The molecule has 0 aliphatic rings. The molecule has 1 aromatic carbocycles. The van der Waals surface area contributed by atoms with Crippen molar-refractivity contribution in [3.05, 3.63) is 33.4 Å². The van der Waals surface area contributed by atoms with E-state index in [9.17, 15) is 4.79 Å². The van der Waals surface area contributed by atoms with Gasteiger partial charge in [-0.2, -0.15) is 5.10 Å². The van der Waals surface area contributed by atoms with Crippen molar-refractivity contribution < 1.29 is 4.79 Å². The molecule has 86 valence electrons. The lowest BCUT2D eigenvalue weighted by atomic mass is 10.2. The second-order valence-electron chi connectivity index (χ2n) is 3.42. The van der Waals surface area contributed by atoms with Crippen molar-refractivity contribution in [2.75, 3.05) is 0 Å². The molecule has 0 radical (unpaired) electrons. The van der Waals surface area contributed by atoms with Gasteiger partial charge in [-0.15, -0.1) is 0 Å². The van der Waals surface area contributed by atoms with Crippen LogP contribution >= 0.6 is 22.6 Å². The summed E-state index contributed by atoms with van der Waals surface area (Å²) in [5.74, 6) is -0.0240. The molecule has 0 atom stereocenters. The molecular formula is C12H15IN2O. The Morgan fingerprint density at radius 2 is 2.25 bits per heavy atom. The monoisotopic (exact) mass is 330 g/mol. The van der Waals surface area contributed by atoms with E-state index >= 15 is 0 Å². The van der Waals surface area contributed by atoms with Crippen LogP contribution in [0.25, 0.3) is 0 Å². The van der Waals surface area contributed by atoms with Crippen LogP contribution in [0.2, 0.25) is 0 Å². The first-order valence-corrected chi connectivity index (χ1v) is 6.38. The van der Waals surface area contributed by atoms with Gasteiger partial charge in [-0.3, -0.25) is 4.79 Å². The zero-order valence-electron chi connectivity index (χ0n) is 9.24. The van der Waals surface area contributed by atoms with Crippen LogP contribution in [0.5, 0.6) is 0 Å². The summed E-state index contributed by atoms with van der Waals surface area (Å²) in [5, 5.41) is 3.93. The highest BCUT2D eigenvalue weighted by Crippen LogP contribution is 2.08. The third-order valence-corrected chi connectivity index (χ3v) is 3.04. The Morgan fingerprint density at radius 3 is 2.94 bits per heavy atom. The zero-order valence-corrected chi connectivity index (χ0v) is 11.4. The molecule has 0 saturated heterocycles. The molecule has 0 unspecified atom stereocenters. The quantitative estimate of drug-likeness (QED) is 0.503. The maximum atomic E-state index is 11.3. The standard InChI is InChI=1S/C12H15IN2O/c1-2-3-8-12(16)15-14-9-10-6-4-5-7-11(10)13/h4-7,9H,2-3,8H2,1H3,(H,15,16)/b14-9+. The van der Waals surface area contributed by atoms with E-state index in [2.05, 4.69) is 40.0 Å². The molecule has 0 aliphatic heterocycles. The smallest absolute Gasteiger partial charge is 0.240 e. The van der Waals surface area contributed by atoms with Gasteiger partial charge in [0.2, 0.25) is 5.91 Å². The number of amides is 1. The molecule has 4 heteroatoms. The molecule has 1 N–H and O–H groups in total. The van der Waals surface area contributed by atoms with Gasteiger partial charge >= 0.3 is 0 Å². The minimum absolute atomic E-state index is 0.0240. The van der Waals surface area contributed by atoms with Crippen LogP contribution in [0.1, 0.15) is 31.7 Å². The van der Waals surface area contributed by atoms with Crippen molar-refractivity contribution >= 4 is 34.7 Å². The molecule has 16 heavy (non-hydrogen) atoms. The molecule has 0 saturated carbocycles. The number of nitrogens with zero attached hydrogens (tertiary/aromatic N) is 1. The van der Waals surface area contributed by atoms with E-state index in [1.807, 2.05) is 24.3 Å². The topological polar surface area (TPSA) is 41.5 Å². The molecule has 3 nitrogen and oxygen atoms in total.